The van der Waals surface area contributed by atoms with E-state index < -0.39 is 5.82 Å². The lowest BCUT2D eigenvalue weighted by Crippen LogP contribution is -2.10. The SMILES string of the molecule is CCNc1ncc(F)c(NCCSC)n1. The molecular weight excluding hydrogens is 215 g/mol. The van der Waals surface area contributed by atoms with E-state index >= 15 is 0 Å². The number of aromatic nitrogens is 2. The molecule has 0 aromatic carbocycles. The smallest absolute Gasteiger partial charge is 0.224 e. The number of rotatable bonds is 6. The monoisotopic (exact) mass is 230 g/mol. The van der Waals surface area contributed by atoms with Crippen LogP contribution in [-0.4, -0.2) is 35.1 Å². The largest absolute Gasteiger partial charge is 0.367 e. The Balaban J connectivity index is 2.63. The first kappa shape index (κ1) is 12.0. The van der Waals surface area contributed by atoms with E-state index in [1.54, 1.807) is 11.8 Å². The summed E-state index contributed by atoms with van der Waals surface area (Å²) in [5.41, 5.74) is 0. The molecule has 0 aliphatic carbocycles. The van der Waals surface area contributed by atoms with Crippen LogP contribution in [0.15, 0.2) is 6.20 Å². The maximum atomic E-state index is 13.2. The Morgan fingerprint density at radius 1 is 1.47 bits per heavy atom. The third-order valence-electron chi connectivity index (χ3n) is 1.68. The van der Waals surface area contributed by atoms with Gasteiger partial charge in [-0.05, 0) is 13.2 Å². The number of nitrogens with one attached hydrogen (secondary N) is 2. The molecule has 0 spiro atoms. The van der Waals surface area contributed by atoms with Crippen LogP contribution in [0.1, 0.15) is 6.92 Å². The van der Waals surface area contributed by atoms with Crippen LogP contribution < -0.4 is 10.6 Å². The Labute approximate surface area is 93.1 Å². The van der Waals surface area contributed by atoms with Gasteiger partial charge >= 0.3 is 0 Å². The summed E-state index contributed by atoms with van der Waals surface area (Å²) in [6, 6.07) is 0. The number of hydrogen-bond donors (Lipinski definition) is 2. The molecule has 84 valence electrons. The molecule has 1 aromatic rings. The molecule has 0 radical (unpaired) electrons. The summed E-state index contributed by atoms with van der Waals surface area (Å²) in [7, 11) is 0. The van der Waals surface area contributed by atoms with E-state index in [-0.39, 0.29) is 5.82 Å². The van der Waals surface area contributed by atoms with Crippen molar-refractivity contribution in [2.24, 2.45) is 0 Å². The van der Waals surface area contributed by atoms with Crippen molar-refractivity contribution in [3.63, 3.8) is 0 Å². The highest BCUT2D eigenvalue weighted by Crippen LogP contribution is 2.11. The van der Waals surface area contributed by atoms with Crippen LogP contribution in [0.2, 0.25) is 0 Å². The maximum Gasteiger partial charge on any atom is 0.224 e. The summed E-state index contributed by atoms with van der Waals surface area (Å²) in [6.07, 6.45) is 3.18. The number of anilines is 2. The van der Waals surface area contributed by atoms with E-state index in [1.165, 1.54) is 6.20 Å². The summed E-state index contributed by atoms with van der Waals surface area (Å²) in [5, 5.41) is 5.86. The molecule has 1 aromatic heterocycles. The molecular formula is C9H15FN4S. The number of hydrogen-bond acceptors (Lipinski definition) is 5. The van der Waals surface area contributed by atoms with Crippen LogP contribution in [0, 0.1) is 5.82 Å². The summed E-state index contributed by atoms with van der Waals surface area (Å²) in [5.74, 6) is 1.21. The lowest BCUT2D eigenvalue weighted by molar-refractivity contribution is 0.618. The Morgan fingerprint density at radius 3 is 2.93 bits per heavy atom. The molecule has 0 aliphatic rings. The van der Waals surface area contributed by atoms with Crippen molar-refractivity contribution in [3.05, 3.63) is 12.0 Å². The van der Waals surface area contributed by atoms with Gasteiger partial charge in [0.05, 0.1) is 6.20 Å². The van der Waals surface area contributed by atoms with Gasteiger partial charge in [-0.3, -0.25) is 0 Å². The third kappa shape index (κ3) is 3.91. The fourth-order valence-corrected chi connectivity index (χ4v) is 1.31. The van der Waals surface area contributed by atoms with Crippen LogP contribution >= 0.6 is 11.8 Å². The van der Waals surface area contributed by atoms with Gasteiger partial charge in [0.15, 0.2) is 11.6 Å². The highest BCUT2D eigenvalue weighted by molar-refractivity contribution is 7.98. The molecule has 0 aliphatic heterocycles. The molecule has 0 amide bonds. The Morgan fingerprint density at radius 2 is 2.27 bits per heavy atom. The van der Waals surface area contributed by atoms with Gasteiger partial charge in [-0.2, -0.15) is 16.7 Å². The minimum Gasteiger partial charge on any atom is -0.367 e. The second kappa shape index (κ2) is 6.44. The van der Waals surface area contributed by atoms with E-state index in [0.717, 1.165) is 12.3 Å². The highest BCUT2D eigenvalue weighted by Gasteiger charge is 2.05. The summed E-state index contributed by atoms with van der Waals surface area (Å²) in [6.45, 7) is 3.35. The fourth-order valence-electron chi connectivity index (χ4n) is 1.01. The first-order chi connectivity index (χ1) is 7.27. The molecule has 15 heavy (non-hydrogen) atoms. The predicted molar refractivity (Wildman–Crippen MR) is 63.0 cm³/mol. The number of thioether (sulfide) groups is 1. The highest BCUT2D eigenvalue weighted by atomic mass is 32.2. The topological polar surface area (TPSA) is 49.8 Å². The zero-order valence-electron chi connectivity index (χ0n) is 8.88. The molecule has 0 fully saturated rings. The van der Waals surface area contributed by atoms with Gasteiger partial charge in [0.2, 0.25) is 5.95 Å². The zero-order chi connectivity index (χ0) is 11.1. The average Bonchev–Trinajstić information content (AvgIpc) is 2.23. The van der Waals surface area contributed by atoms with E-state index in [0.29, 0.717) is 12.5 Å². The average molecular weight is 230 g/mol. The van der Waals surface area contributed by atoms with Crippen molar-refractivity contribution in [2.75, 3.05) is 35.7 Å². The normalized spacial score (nSPS) is 10.1. The van der Waals surface area contributed by atoms with Gasteiger partial charge in [-0.1, -0.05) is 0 Å². The van der Waals surface area contributed by atoms with Crippen molar-refractivity contribution in [1.82, 2.24) is 9.97 Å². The van der Waals surface area contributed by atoms with Crippen LogP contribution in [0.5, 0.6) is 0 Å². The summed E-state index contributed by atoms with van der Waals surface area (Å²) in [4.78, 5) is 7.83. The first-order valence-corrected chi connectivity index (χ1v) is 6.16. The van der Waals surface area contributed by atoms with Gasteiger partial charge in [0.1, 0.15) is 0 Å². The van der Waals surface area contributed by atoms with Gasteiger partial charge in [0.25, 0.3) is 0 Å². The van der Waals surface area contributed by atoms with Gasteiger partial charge < -0.3 is 10.6 Å². The molecule has 0 atom stereocenters. The molecule has 6 heteroatoms. The Kier molecular flexibility index (Phi) is 5.17. The van der Waals surface area contributed by atoms with Crippen LogP contribution in [0.25, 0.3) is 0 Å². The van der Waals surface area contributed by atoms with Crippen molar-refractivity contribution in [2.45, 2.75) is 6.92 Å². The van der Waals surface area contributed by atoms with Gasteiger partial charge in [-0.15, -0.1) is 0 Å². The molecule has 0 bridgehead atoms. The Bertz CT molecular complexity index is 308. The Hall–Kier alpha value is -1.04. The second-order valence-corrected chi connectivity index (χ2v) is 3.83. The van der Waals surface area contributed by atoms with E-state index in [4.69, 9.17) is 0 Å². The van der Waals surface area contributed by atoms with Crippen LogP contribution in [0.3, 0.4) is 0 Å². The van der Waals surface area contributed by atoms with Crippen molar-refractivity contribution in [1.29, 1.82) is 0 Å². The van der Waals surface area contributed by atoms with Crippen LogP contribution in [0.4, 0.5) is 16.2 Å². The summed E-state index contributed by atoms with van der Waals surface area (Å²) >= 11 is 1.70. The molecule has 2 N–H and O–H groups in total. The van der Waals surface area contributed by atoms with E-state index in [2.05, 4.69) is 20.6 Å². The van der Waals surface area contributed by atoms with Crippen molar-refractivity contribution >= 4 is 23.5 Å². The van der Waals surface area contributed by atoms with Crippen molar-refractivity contribution in [3.8, 4) is 0 Å². The molecule has 0 unspecified atom stereocenters. The number of halogens is 1. The quantitative estimate of drug-likeness (QED) is 0.730. The second-order valence-electron chi connectivity index (χ2n) is 2.84. The molecule has 1 heterocycles. The minimum atomic E-state index is -0.419. The molecule has 4 nitrogen and oxygen atoms in total. The molecule has 0 saturated heterocycles. The first-order valence-electron chi connectivity index (χ1n) is 4.77. The third-order valence-corrected chi connectivity index (χ3v) is 2.29. The van der Waals surface area contributed by atoms with Gasteiger partial charge in [-0.25, -0.2) is 9.37 Å². The lowest BCUT2D eigenvalue weighted by Gasteiger charge is -2.07. The fraction of sp³-hybridized carbons (Fsp3) is 0.556. The zero-order valence-corrected chi connectivity index (χ0v) is 9.70. The van der Waals surface area contributed by atoms with E-state index in [1.807, 2.05) is 13.2 Å². The minimum absolute atomic E-state index is 0.259. The maximum absolute atomic E-state index is 13.2. The van der Waals surface area contributed by atoms with Crippen molar-refractivity contribution < 1.29 is 4.39 Å². The van der Waals surface area contributed by atoms with E-state index in [9.17, 15) is 4.39 Å². The standard InChI is InChI=1S/C9H15FN4S/c1-3-11-9-13-6-7(10)8(14-9)12-4-5-15-2/h6H,3-5H2,1-2H3,(H2,11,12,13,14). The number of nitrogens with zero attached hydrogens (tertiary/aromatic N) is 2. The van der Waals surface area contributed by atoms with Gasteiger partial charge in [0, 0.05) is 18.8 Å². The molecule has 1 rings (SSSR count). The van der Waals surface area contributed by atoms with Crippen LogP contribution in [-0.2, 0) is 0 Å². The predicted octanol–water partition coefficient (Wildman–Crippen LogP) is 1.82. The summed E-state index contributed by atoms with van der Waals surface area (Å²) < 4.78 is 13.2. The molecule has 0 saturated carbocycles. The lowest BCUT2D eigenvalue weighted by atomic mass is 10.5.